The van der Waals surface area contributed by atoms with E-state index in [1.54, 1.807) is 24.3 Å². The molecule has 2 heterocycles. The van der Waals surface area contributed by atoms with E-state index < -0.39 is 0 Å². The van der Waals surface area contributed by atoms with Crippen molar-refractivity contribution < 1.29 is 14.3 Å². The smallest absolute Gasteiger partial charge is 0.307 e. The molecule has 1 N–H and O–H groups in total. The first-order chi connectivity index (χ1) is 10.1. The van der Waals surface area contributed by atoms with Gasteiger partial charge in [0.1, 0.15) is 5.69 Å². The Hall–Kier alpha value is -2.08. The van der Waals surface area contributed by atoms with Crippen LogP contribution in [0.3, 0.4) is 0 Å². The molecule has 21 heavy (non-hydrogen) atoms. The topological polar surface area (TPSA) is 60.3 Å². The first kappa shape index (κ1) is 15.3. The molecule has 112 valence electrons. The summed E-state index contributed by atoms with van der Waals surface area (Å²) in [4.78, 5) is 24.6. The summed E-state index contributed by atoms with van der Waals surface area (Å²) in [7, 11) is 1.34. The number of rotatable bonds is 6. The van der Waals surface area contributed by atoms with Crippen LogP contribution < -0.4 is 5.32 Å². The fourth-order valence-electron chi connectivity index (χ4n) is 2.01. The largest absolute Gasteiger partial charge is 0.469 e. The minimum Gasteiger partial charge on any atom is -0.469 e. The predicted molar refractivity (Wildman–Crippen MR) is 81.4 cm³/mol. The van der Waals surface area contributed by atoms with Crippen molar-refractivity contribution in [1.29, 1.82) is 0 Å². The van der Waals surface area contributed by atoms with E-state index in [9.17, 15) is 9.59 Å². The highest BCUT2D eigenvalue weighted by molar-refractivity contribution is 7.09. The maximum atomic E-state index is 12.3. The lowest BCUT2D eigenvalue weighted by atomic mass is 10.2. The molecular formula is C15H18N2O3S. The summed E-state index contributed by atoms with van der Waals surface area (Å²) in [6.45, 7) is 2.44. The summed E-state index contributed by atoms with van der Waals surface area (Å²) in [5, 5.41) is 4.82. The SMILES string of the molecule is COC(=O)C[C@H](C)NC(=O)c1cccn1Cc1cccs1. The summed E-state index contributed by atoms with van der Waals surface area (Å²) in [5.74, 6) is -0.523. The first-order valence-corrected chi connectivity index (χ1v) is 7.53. The number of amides is 1. The zero-order chi connectivity index (χ0) is 15.2. The zero-order valence-corrected chi connectivity index (χ0v) is 12.9. The maximum Gasteiger partial charge on any atom is 0.307 e. The molecule has 0 saturated carbocycles. The molecule has 2 aromatic rings. The number of ether oxygens (including phenoxy) is 1. The van der Waals surface area contributed by atoms with Gasteiger partial charge in [-0.05, 0) is 30.5 Å². The van der Waals surface area contributed by atoms with Gasteiger partial charge in [-0.3, -0.25) is 9.59 Å². The molecule has 1 amide bonds. The van der Waals surface area contributed by atoms with Gasteiger partial charge in [0.05, 0.1) is 20.1 Å². The molecule has 0 aliphatic heterocycles. The second-order valence-electron chi connectivity index (χ2n) is 4.76. The van der Waals surface area contributed by atoms with Crippen molar-refractivity contribution in [2.24, 2.45) is 0 Å². The third-order valence-electron chi connectivity index (χ3n) is 3.05. The molecule has 1 atom stereocenters. The Morgan fingerprint density at radius 1 is 1.38 bits per heavy atom. The number of nitrogens with zero attached hydrogens (tertiary/aromatic N) is 1. The average Bonchev–Trinajstić information content (AvgIpc) is 3.10. The molecule has 0 aliphatic rings. The fourth-order valence-corrected chi connectivity index (χ4v) is 2.71. The van der Waals surface area contributed by atoms with Crippen LogP contribution in [0.1, 0.15) is 28.7 Å². The second-order valence-corrected chi connectivity index (χ2v) is 5.79. The van der Waals surface area contributed by atoms with Crippen LogP contribution in [0.5, 0.6) is 0 Å². The van der Waals surface area contributed by atoms with Gasteiger partial charge in [0.25, 0.3) is 5.91 Å². The first-order valence-electron chi connectivity index (χ1n) is 6.65. The van der Waals surface area contributed by atoms with Gasteiger partial charge < -0.3 is 14.6 Å². The van der Waals surface area contributed by atoms with Crippen LogP contribution in [0.4, 0.5) is 0 Å². The standard InChI is InChI=1S/C15H18N2O3S/c1-11(9-14(18)20-2)16-15(19)13-6-3-7-17(13)10-12-5-4-8-21-12/h3-8,11H,9-10H2,1-2H3,(H,16,19)/t11-/m0/s1. The van der Waals surface area contributed by atoms with E-state index in [1.807, 2.05) is 34.3 Å². The number of esters is 1. The number of aromatic nitrogens is 1. The van der Waals surface area contributed by atoms with Gasteiger partial charge in [-0.1, -0.05) is 6.07 Å². The number of thiophene rings is 1. The number of methoxy groups -OCH3 is 1. The van der Waals surface area contributed by atoms with E-state index in [1.165, 1.54) is 12.0 Å². The Morgan fingerprint density at radius 3 is 2.86 bits per heavy atom. The normalized spacial score (nSPS) is 11.9. The van der Waals surface area contributed by atoms with Crippen LogP contribution in [-0.4, -0.2) is 29.6 Å². The summed E-state index contributed by atoms with van der Waals surface area (Å²) in [6.07, 6.45) is 2.04. The summed E-state index contributed by atoms with van der Waals surface area (Å²) >= 11 is 1.65. The fraction of sp³-hybridized carbons (Fsp3) is 0.333. The van der Waals surface area contributed by atoms with E-state index in [2.05, 4.69) is 10.1 Å². The van der Waals surface area contributed by atoms with Crippen molar-refractivity contribution in [1.82, 2.24) is 9.88 Å². The van der Waals surface area contributed by atoms with Gasteiger partial charge in [-0.2, -0.15) is 0 Å². The molecule has 6 heteroatoms. The van der Waals surface area contributed by atoms with E-state index in [-0.39, 0.29) is 24.3 Å². The maximum absolute atomic E-state index is 12.3. The minimum atomic E-state index is -0.336. The highest BCUT2D eigenvalue weighted by atomic mass is 32.1. The Kier molecular flexibility index (Phi) is 5.16. The molecule has 0 radical (unpaired) electrons. The number of hydrogen-bond donors (Lipinski definition) is 1. The Balaban J connectivity index is 2.00. The molecular weight excluding hydrogens is 288 g/mol. The van der Waals surface area contributed by atoms with Gasteiger partial charge in [-0.25, -0.2) is 0 Å². The average molecular weight is 306 g/mol. The van der Waals surface area contributed by atoms with Gasteiger partial charge >= 0.3 is 5.97 Å². The van der Waals surface area contributed by atoms with Gasteiger partial charge in [0.2, 0.25) is 0 Å². The molecule has 0 spiro atoms. The van der Waals surface area contributed by atoms with Crippen LogP contribution >= 0.6 is 11.3 Å². The zero-order valence-electron chi connectivity index (χ0n) is 12.0. The summed E-state index contributed by atoms with van der Waals surface area (Å²) in [6, 6.07) is 7.37. The van der Waals surface area contributed by atoms with Crippen LogP contribution in [0.2, 0.25) is 0 Å². The van der Waals surface area contributed by atoms with Crippen molar-refractivity contribution in [3.05, 3.63) is 46.4 Å². The number of carbonyl (C=O) groups is 2. The van der Waals surface area contributed by atoms with Crippen molar-refractivity contribution in [2.75, 3.05) is 7.11 Å². The Morgan fingerprint density at radius 2 is 2.19 bits per heavy atom. The third kappa shape index (κ3) is 4.19. The molecule has 0 aliphatic carbocycles. The molecule has 0 saturated heterocycles. The highest BCUT2D eigenvalue weighted by Gasteiger charge is 2.16. The Labute approximate surface area is 127 Å². The molecule has 2 aromatic heterocycles. The van der Waals surface area contributed by atoms with E-state index in [0.29, 0.717) is 12.2 Å². The second kappa shape index (κ2) is 7.08. The highest BCUT2D eigenvalue weighted by Crippen LogP contribution is 2.13. The molecule has 0 bridgehead atoms. The molecule has 0 aromatic carbocycles. The number of carbonyl (C=O) groups excluding carboxylic acids is 2. The lowest BCUT2D eigenvalue weighted by molar-refractivity contribution is -0.141. The summed E-state index contributed by atoms with van der Waals surface area (Å²) in [5.41, 5.74) is 0.583. The van der Waals surface area contributed by atoms with E-state index >= 15 is 0 Å². The van der Waals surface area contributed by atoms with Crippen molar-refractivity contribution in [3.8, 4) is 0 Å². The third-order valence-corrected chi connectivity index (χ3v) is 3.91. The quantitative estimate of drug-likeness (QED) is 0.833. The van der Waals surface area contributed by atoms with Crippen LogP contribution in [-0.2, 0) is 16.1 Å². The van der Waals surface area contributed by atoms with Crippen molar-refractivity contribution in [3.63, 3.8) is 0 Å². The number of nitrogens with one attached hydrogen (secondary N) is 1. The molecule has 0 unspecified atom stereocenters. The molecule has 2 rings (SSSR count). The van der Waals surface area contributed by atoms with Crippen LogP contribution in [0.15, 0.2) is 35.8 Å². The molecule has 0 fully saturated rings. The molecule has 5 nitrogen and oxygen atoms in total. The van der Waals surface area contributed by atoms with E-state index in [0.717, 1.165) is 0 Å². The van der Waals surface area contributed by atoms with Crippen LogP contribution in [0.25, 0.3) is 0 Å². The van der Waals surface area contributed by atoms with Crippen molar-refractivity contribution in [2.45, 2.75) is 25.9 Å². The van der Waals surface area contributed by atoms with Gasteiger partial charge in [0.15, 0.2) is 0 Å². The Bertz CT molecular complexity index is 604. The van der Waals surface area contributed by atoms with Gasteiger partial charge in [-0.15, -0.1) is 11.3 Å². The lowest BCUT2D eigenvalue weighted by Crippen LogP contribution is -2.35. The van der Waals surface area contributed by atoms with Crippen molar-refractivity contribution >= 4 is 23.2 Å². The lowest BCUT2D eigenvalue weighted by Gasteiger charge is -2.14. The number of hydrogen-bond acceptors (Lipinski definition) is 4. The van der Waals surface area contributed by atoms with Crippen LogP contribution in [0, 0.1) is 0 Å². The monoisotopic (exact) mass is 306 g/mol. The summed E-state index contributed by atoms with van der Waals surface area (Å²) < 4.78 is 6.49. The van der Waals surface area contributed by atoms with E-state index in [4.69, 9.17) is 0 Å². The van der Waals surface area contributed by atoms with Gasteiger partial charge in [0, 0.05) is 17.1 Å². The minimum absolute atomic E-state index is 0.161. The predicted octanol–water partition coefficient (Wildman–Crippen LogP) is 2.28.